The minimum atomic E-state index is -0.304. The molecule has 1 fully saturated rings. The number of likely N-dealkylation sites (N-methyl/N-ethyl adjacent to an activating group) is 1. The minimum Gasteiger partial charge on any atom is -0.392 e. The van der Waals surface area contributed by atoms with Crippen molar-refractivity contribution in [3.8, 4) is 0 Å². The molecular formula is C11H23N3O2. The Bertz CT molecular complexity index is 233. The van der Waals surface area contributed by atoms with Gasteiger partial charge in [-0.1, -0.05) is 0 Å². The van der Waals surface area contributed by atoms with Crippen molar-refractivity contribution >= 4 is 5.91 Å². The van der Waals surface area contributed by atoms with E-state index in [0.717, 1.165) is 19.6 Å². The second-order valence-corrected chi connectivity index (χ2v) is 4.56. The van der Waals surface area contributed by atoms with Crippen LogP contribution >= 0.6 is 0 Å². The van der Waals surface area contributed by atoms with Crippen molar-refractivity contribution < 1.29 is 9.90 Å². The van der Waals surface area contributed by atoms with Gasteiger partial charge >= 0.3 is 0 Å². The summed E-state index contributed by atoms with van der Waals surface area (Å²) in [5, 5.41) is 12.2. The number of hydrogen-bond donors (Lipinski definition) is 2. The third-order valence-corrected chi connectivity index (χ3v) is 2.94. The van der Waals surface area contributed by atoms with Gasteiger partial charge in [0, 0.05) is 32.2 Å². The van der Waals surface area contributed by atoms with E-state index in [1.54, 1.807) is 14.0 Å². The van der Waals surface area contributed by atoms with Crippen molar-refractivity contribution in [2.75, 3.05) is 39.8 Å². The smallest absolute Gasteiger partial charge is 0.236 e. The summed E-state index contributed by atoms with van der Waals surface area (Å²) in [5.74, 6) is 0.158. The maximum absolute atomic E-state index is 11.7. The van der Waals surface area contributed by atoms with Gasteiger partial charge in [0.15, 0.2) is 0 Å². The Kier molecular flexibility index (Phi) is 5.18. The van der Waals surface area contributed by atoms with Crippen LogP contribution < -0.4 is 5.32 Å². The predicted molar refractivity (Wildman–Crippen MR) is 63.2 cm³/mol. The van der Waals surface area contributed by atoms with Gasteiger partial charge in [0.05, 0.1) is 12.6 Å². The molecule has 0 spiro atoms. The lowest BCUT2D eigenvalue weighted by Gasteiger charge is -2.40. The number of hydrogen-bond acceptors (Lipinski definition) is 4. The van der Waals surface area contributed by atoms with E-state index in [-0.39, 0.29) is 12.0 Å². The highest BCUT2D eigenvalue weighted by Crippen LogP contribution is 2.10. The van der Waals surface area contributed by atoms with Gasteiger partial charge in [-0.05, 0) is 20.9 Å². The summed E-state index contributed by atoms with van der Waals surface area (Å²) in [5.41, 5.74) is 0. The van der Waals surface area contributed by atoms with Crippen LogP contribution in [-0.2, 0) is 4.79 Å². The quantitative estimate of drug-likeness (QED) is 0.657. The molecule has 5 nitrogen and oxygen atoms in total. The summed E-state index contributed by atoms with van der Waals surface area (Å²) >= 11 is 0. The number of aliphatic hydroxyl groups excluding tert-OH is 1. The fourth-order valence-corrected chi connectivity index (χ4v) is 2.10. The lowest BCUT2D eigenvalue weighted by atomic mass is 10.1. The average molecular weight is 229 g/mol. The Morgan fingerprint density at radius 1 is 1.56 bits per heavy atom. The number of aliphatic hydroxyl groups is 1. The zero-order chi connectivity index (χ0) is 12.1. The van der Waals surface area contributed by atoms with Gasteiger partial charge in [0.2, 0.25) is 5.91 Å². The number of β-amino-alcohol motifs (C(OH)–C–C–N with tert-alkyl or cyclic N) is 1. The van der Waals surface area contributed by atoms with Crippen LogP contribution in [0.1, 0.15) is 13.8 Å². The van der Waals surface area contributed by atoms with Crippen LogP contribution in [0.2, 0.25) is 0 Å². The first-order valence-electron chi connectivity index (χ1n) is 5.89. The number of rotatable bonds is 4. The molecule has 0 aromatic rings. The van der Waals surface area contributed by atoms with Crippen LogP contribution in [-0.4, -0.2) is 72.7 Å². The first kappa shape index (κ1) is 13.4. The normalized spacial score (nSPS) is 24.5. The van der Waals surface area contributed by atoms with Crippen LogP contribution in [0, 0.1) is 0 Å². The fraction of sp³-hybridized carbons (Fsp3) is 0.909. The van der Waals surface area contributed by atoms with Gasteiger partial charge in [0.25, 0.3) is 0 Å². The highest BCUT2D eigenvalue weighted by molar-refractivity contribution is 5.78. The van der Waals surface area contributed by atoms with Crippen molar-refractivity contribution in [1.82, 2.24) is 15.1 Å². The molecule has 1 aliphatic rings. The largest absolute Gasteiger partial charge is 0.392 e. The number of carbonyl (C=O) groups is 1. The van der Waals surface area contributed by atoms with Crippen molar-refractivity contribution in [1.29, 1.82) is 0 Å². The van der Waals surface area contributed by atoms with E-state index < -0.39 is 0 Å². The molecule has 2 unspecified atom stereocenters. The molecule has 5 heteroatoms. The molecule has 2 atom stereocenters. The number of nitrogens with one attached hydrogen (secondary N) is 1. The maximum atomic E-state index is 11.7. The van der Waals surface area contributed by atoms with Gasteiger partial charge in [-0.3, -0.25) is 9.69 Å². The van der Waals surface area contributed by atoms with Crippen molar-refractivity contribution in [2.24, 2.45) is 0 Å². The van der Waals surface area contributed by atoms with Gasteiger partial charge in [-0.15, -0.1) is 0 Å². The monoisotopic (exact) mass is 229 g/mol. The van der Waals surface area contributed by atoms with Gasteiger partial charge in [0.1, 0.15) is 0 Å². The average Bonchev–Trinajstić information content (AvgIpc) is 2.20. The molecular weight excluding hydrogens is 206 g/mol. The van der Waals surface area contributed by atoms with Crippen LogP contribution in [0.4, 0.5) is 0 Å². The maximum Gasteiger partial charge on any atom is 0.236 e. The lowest BCUT2D eigenvalue weighted by Crippen LogP contribution is -2.56. The summed E-state index contributed by atoms with van der Waals surface area (Å²) in [6.45, 7) is 7.36. The molecule has 0 radical (unpaired) electrons. The summed E-state index contributed by atoms with van der Waals surface area (Å²) in [6, 6.07) is 0.323. The van der Waals surface area contributed by atoms with Crippen LogP contribution in [0.15, 0.2) is 0 Å². The third-order valence-electron chi connectivity index (χ3n) is 2.94. The molecule has 1 saturated heterocycles. The Balaban J connectivity index is 2.41. The summed E-state index contributed by atoms with van der Waals surface area (Å²) in [6.07, 6.45) is -0.304. The highest BCUT2D eigenvalue weighted by Gasteiger charge is 2.26. The van der Waals surface area contributed by atoms with E-state index in [1.807, 2.05) is 4.90 Å². The molecule has 2 N–H and O–H groups in total. The fourth-order valence-electron chi connectivity index (χ4n) is 2.10. The molecule has 1 aliphatic heterocycles. The Morgan fingerprint density at radius 3 is 2.75 bits per heavy atom. The number of amides is 1. The van der Waals surface area contributed by atoms with Crippen LogP contribution in [0.3, 0.4) is 0 Å². The Morgan fingerprint density at radius 2 is 2.25 bits per heavy atom. The van der Waals surface area contributed by atoms with E-state index in [9.17, 15) is 9.90 Å². The topological polar surface area (TPSA) is 55.8 Å². The molecule has 1 amide bonds. The zero-order valence-corrected chi connectivity index (χ0v) is 10.4. The van der Waals surface area contributed by atoms with E-state index in [2.05, 4.69) is 17.1 Å². The number of carbonyl (C=O) groups excluding carboxylic acids is 1. The van der Waals surface area contributed by atoms with E-state index in [0.29, 0.717) is 19.1 Å². The third kappa shape index (κ3) is 3.73. The molecule has 1 heterocycles. The molecule has 0 aromatic carbocycles. The van der Waals surface area contributed by atoms with Crippen molar-refractivity contribution in [3.63, 3.8) is 0 Å². The van der Waals surface area contributed by atoms with Crippen LogP contribution in [0.5, 0.6) is 0 Å². The zero-order valence-electron chi connectivity index (χ0n) is 10.4. The predicted octanol–water partition coefficient (Wildman–Crippen LogP) is -0.881. The second kappa shape index (κ2) is 6.18. The Hall–Kier alpha value is -0.650. The van der Waals surface area contributed by atoms with Crippen molar-refractivity contribution in [2.45, 2.75) is 26.0 Å². The Labute approximate surface area is 97.4 Å². The molecule has 0 bridgehead atoms. The summed E-state index contributed by atoms with van der Waals surface area (Å²) < 4.78 is 0. The standard InChI is InChI=1S/C11H23N3O2/c1-9-7-14(11(16)6-12-3)5-4-13(9)8-10(2)15/h9-10,12,15H,4-8H2,1-3H3. The van der Waals surface area contributed by atoms with Gasteiger partial charge in [-0.25, -0.2) is 0 Å². The summed E-state index contributed by atoms with van der Waals surface area (Å²) in [4.78, 5) is 15.8. The van der Waals surface area contributed by atoms with Crippen molar-refractivity contribution in [3.05, 3.63) is 0 Å². The molecule has 0 saturated carbocycles. The van der Waals surface area contributed by atoms with Gasteiger partial charge < -0.3 is 15.3 Å². The molecule has 0 aliphatic carbocycles. The second-order valence-electron chi connectivity index (χ2n) is 4.56. The molecule has 94 valence electrons. The minimum absolute atomic E-state index is 0.158. The van der Waals surface area contributed by atoms with E-state index in [4.69, 9.17) is 0 Å². The molecule has 1 rings (SSSR count). The number of piperazine rings is 1. The first-order chi connectivity index (χ1) is 7.54. The highest BCUT2D eigenvalue weighted by atomic mass is 16.3. The molecule has 16 heavy (non-hydrogen) atoms. The van der Waals surface area contributed by atoms with E-state index >= 15 is 0 Å². The van der Waals surface area contributed by atoms with Crippen LogP contribution in [0.25, 0.3) is 0 Å². The lowest BCUT2D eigenvalue weighted by molar-refractivity contribution is -0.133. The first-order valence-corrected chi connectivity index (χ1v) is 5.89. The summed E-state index contributed by atoms with van der Waals surface area (Å²) in [7, 11) is 1.78. The molecule has 0 aromatic heterocycles. The number of nitrogens with zero attached hydrogens (tertiary/aromatic N) is 2. The van der Waals surface area contributed by atoms with E-state index in [1.165, 1.54) is 0 Å². The van der Waals surface area contributed by atoms with Gasteiger partial charge in [-0.2, -0.15) is 0 Å². The SMILES string of the molecule is CNCC(=O)N1CCN(CC(C)O)C(C)C1.